The Morgan fingerprint density at radius 1 is 1.03 bits per heavy atom. The molecule has 4 rings (SSSR count). The Morgan fingerprint density at radius 2 is 1.76 bits per heavy atom. The van der Waals surface area contributed by atoms with E-state index < -0.39 is 5.41 Å². The van der Waals surface area contributed by atoms with E-state index in [4.69, 9.17) is 9.47 Å². The second-order valence-corrected chi connectivity index (χ2v) is 7.53. The number of para-hydroxylation sites is 1. The van der Waals surface area contributed by atoms with E-state index in [0.29, 0.717) is 45.7 Å². The Bertz CT molecular complexity index is 862. The van der Waals surface area contributed by atoms with Crippen LogP contribution in [0.2, 0.25) is 0 Å². The van der Waals surface area contributed by atoms with Gasteiger partial charge in [0.15, 0.2) is 6.61 Å². The van der Waals surface area contributed by atoms with Crippen molar-refractivity contribution >= 4 is 11.8 Å². The third-order valence-corrected chi connectivity index (χ3v) is 5.81. The summed E-state index contributed by atoms with van der Waals surface area (Å²) in [6.07, 6.45) is 1.32. The number of carbonyl (C=O) groups is 2. The molecule has 6 nitrogen and oxygen atoms in total. The number of amides is 2. The van der Waals surface area contributed by atoms with Crippen molar-refractivity contribution in [2.75, 3.05) is 32.9 Å². The van der Waals surface area contributed by atoms with Crippen LogP contribution < -0.4 is 10.1 Å². The molecular formula is C23H26N2O4. The van der Waals surface area contributed by atoms with Crippen LogP contribution in [-0.4, -0.2) is 49.6 Å². The van der Waals surface area contributed by atoms with E-state index in [1.807, 2.05) is 54.6 Å². The van der Waals surface area contributed by atoms with Crippen LogP contribution in [0, 0.1) is 0 Å². The largest absolute Gasteiger partial charge is 0.483 e. The van der Waals surface area contributed by atoms with Gasteiger partial charge in [-0.25, -0.2) is 0 Å². The molecule has 0 aromatic heterocycles. The normalized spacial score (nSPS) is 18.3. The number of hydrogen-bond donors (Lipinski definition) is 1. The average molecular weight is 394 g/mol. The van der Waals surface area contributed by atoms with E-state index in [0.717, 1.165) is 16.9 Å². The standard InChI is InChI=1S/C23H26N2O4/c26-21-17-29-20-9-5-4-6-18(20)16-25(21)13-12-24-22(27)23(10-14-28-15-11-23)19-7-2-1-3-8-19/h1-9H,10-17H2,(H,24,27). The van der Waals surface area contributed by atoms with Gasteiger partial charge < -0.3 is 19.7 Å². The quantitative estimate of drug-likeness (QED) is 0.845. The summed E-state index contributed by atoms with van der Waals surface area (Å²) in [6.45, 7) is 2.51. The maximum atomic E-state index is 13.2. The molecule has 0 saturated carbocycles. The predicted octanol–water partition coefficient (Wildman–Crippen LogP) is 2.27. The SMILES string of the molecule is O=C1COc2ccccc2CN1CCNC(=O)C1(c2ccccc2)CCOCC1. The van der Waals surface area contributed by atoms with Crippen molar-refractivity contribution < 1.29 is 19.1 Å². The summed E-state index contributed by atoms with van der Waals surface area (Å²) in [5, 5.41) is 3.07. The monoisotopic (exact) mass is 394 g/mol. The zero-order chi connectivity index (χ0) is 20.1. The molecule has 0 atom stereocenters. The van der Waals surface area contributed by atoms with Gasteiger partial charge in [0.1, 0.15) is 5.75 Å². The minimum absolute atomic E-state index is 0.00548. The third kappa shape index (κ3) is 4.12. The molecule has 2 aliphatic heterocycles. The maximum Gasteiger partial charge on any atom is 0.260 e. The summed E-state index contributed by atoms with van der Waals surface area (Å²) < 4.78 is 11.1. The lowest BCUT2D eigenvalue weighted by Crippen LogP contribution is -2.50. The Balaban J connectivity index is 1.41. The van der Waals surface area contributed by atoms with Gasteiger partial charge in [-0.05, 0) is 24.5 Å². The van der Waals surface area contributed by atoms with Crippen LogP contribution in [0.15, 0.2) is 54.6 Å². The Labute approximate surface area is 170 Å². The van der Waals surface area contributed by atoms with Crippen LogP contribution in [0.5, 0.6) is 5.75 Å². The molecule has 0 aliphatic carbocycles. The summed E-state index contributed by atoms with van der Waals surface area (Å²) in [7, 11) is 0. The van der Waals surface area contributed by atoms with E-state index in [-0.39, 0.29) is 18.4 Å². The summed E-state index contributed by atoms with van der Waals surface area (Å²) in [6, 6.07) is 17.6. The van der Waals surface area contributed by atoms with Crippen LogP contribution in [0.3, 0.4) is 0 Å². The van der Waals surface area contributed by atoms with Crippen molar-refractivity contribution in [1.29, 1.82) is 0 Å². The highest BCUT2D eigenvalue weighted by molar-refractivity contribution is 5.88. The number of hydrogen-bond acceptors (Lipinski definition) is 4. The molecule has 2 aromatic rings. The zero-order valence-corrected chi connectivity index (χ0v) is 16.4. The van der Waals surface area contributed by atoms with Crippen LogP contribution in [0.1, 0.15) is 24.0 Å². The lowest BCUT2D eigenvalue weighted by molar-refractivity contribution is -0.134. The number of nitrogens with one attached hydrogen (secondary N) is 1. The van der Waals surface area contributed by atoms with Crippen LogP contribution in [-0.2, 0) is 26.3 Å². The molecule has 0 unspecified atom stereocenters. The first kappa shape index (κ1) is 19.5. The van der Waals surface area contributed by atoms with E-state index in [2.05, 4.69) is 5.32 Å². The highest BCUT2D eigenvalue weighted by Crippen LogP contribution is 2.35. The number of ether oxygens (including phenoxy) is 2. The maximum absolute atomic E-state index is 13.2. The first-order valence-corrected chi connectivity index (χ1v) is 10.1. The lowest BCUT2D eigenvalue weighted by Gasteiger charge is -2.36. The summed E-state index contributed by atoms with van der Waals surface area (Å²) >= 11 is 0. The molecule has 2 amide bonds. The number of rotatable bonds is 5. The molecule has 152 valence electrons. The van der Waals surface area contributed by atoms with Gasteiger partial charge in [0.25, 0.3) is 5.91 Å². The van der Waals surface area contributed by atoms with E-state index >= 15 is 0 Å². The van der Waals surface area contributed by atoms with Gasteiger partial charge in [0.2, 0.25) is 5.91 Å². The average Bonchev–Trinajstić information content (AvgIpc) is 2.94. The molecule has 29 heavy (non-hydrogen) atoms. The number of carbonyl (C=O) groups excluding carboxylic acids is 2. The fraction of sp³-hybridized carbons (Fsp3) is 0.391. The number of fused-ring (bicyclic) bond motifs is 1. The van der Waals surface area contributed by atoms with Crippen molar-refractivity contribution in [2.45, 2.75) is 24.8 Å². The van der Waals surface area contributed by atoms with Crippen molar-refractivity contribution in [3.05, 3.63) is 65.7 Å². The Kier molecular flexibility index (Phi) is 5.81. The highest BCUT2D eigenvalue weighted by Gasteiger charge is 2.41. The van der Waals surface area contributed by atoms with Gasteiger partial charge >= 0.3 is 0 Å². The fourth-order valence-electron chi connectivity index (χ4n) is 4.10. The van der Waals surface area contributed by atoms with Crippen molar-refractivity contribution in [1.82, 2.24) is 10.2 Å². The zero-order valence-electron chi connectivity index (χ0n) is 16.4. The van der Waals surface area contributed by atoms with Gasteiger partial charge in [-0.2, -0.15) is 0 Å². The molecular weight excluding hydrogens is 368 g/mol. The predicted molar refractivity (Wildman–Crippen MR) is 109 cm³/mol. The minimum atomic E-state index is -0.571. The molecule has 0 radical (unpaired) electrons. The second kappa shape index (κ2) is 8.66. The van der Waals surface area contributed by atoms with Crippen LogP contribution in [0.4, 0.5) is 0 Å². The van der Waals surface area contributed by atoms with E-state index in [1.54, 1.807) is 4.90 Å². The number of benzene rings is 2. The Hall–Kier alpha value is -2.86. The molecule has 2 heterocycles. The van der Waals surface area contributed by atoms with Gasteiger partial charge in [-0.3, -0.25) is 9.59 Å². The second-order valence-electron chi connectivity index (χ2n) is 7.53. The topological polar surface area (TPSA) is 67.9 Å². The highest BCUT2D eigenvalue weighted by atomic mass is 16.5. The first-order valence-electron chi connectivity index (χ1n) is 10.1. The molecule has 1 N–H and O–H groups in total. The summed E-state index contributed by atoms with van der Waals surface area (Å²) in [4.78, 5) is 27.4. The van der Waals surface area contributed by atoms with Crippen molar-refractivity contribution in [3.8, 4) is 5.75 Å². The summed E-state index contributed by atoms with van der Waals surface area (Å²) in [5.74, 6) is 0.683. The molecule has 0 bridgehead atoms. The van der Waals surface area contributed by atoms with Crippen molar-refractivity contribution in [3.63, 3.8) is 0 Å². The molecule has 2 aliphatic rings. The lowest BCUT2D eigenvalue weighted by atomic mass is 9.73. The van der Waals surface area contributed by atoms with Crippen molar-refractivity contribution in [2.24, 2.45) is 0 Å². The van der Waals surface area contributed by atoms with Gasteiger partial charge in [-0.1, -0.05) is 48.5 Å². The molecule has 6 heteroatoms. The van der Waals surface area contributed by atoms with E-state index in [1.165, 1.54) is 0 Å². The molecule has 1 fully saturated rings. The molecule has 2 aromatic carbocycles. The van der Waals surface area contributed by atoms with Gasteiger partial charge in [0, 0.05) is 38.4 Å². The van der Waals surface area contributed by atoms with Gasteiger partial charge in [0.05, 0.1) is 5.41 Å². The third-order valence-electron chi connectivity index (χ3n) is 5.81. The minimum Gasteiger partial charge on any atom is -0.483 e. The van der Waals surface area contributed by atoms with Crippen LogP contribution in [0.25, 0.3) is 0 Å². The smallest absolute Gasteiger partial charge is 0.260 e. The Morgan fingerprint density at radius 3 is 2.55 bits per heavy atom. The molecule has 0 spiro atoms. The van der Waals surface area contributed by atoms with E-state index in [9.17, 15) is 9.59 Å². The van der Waals surface area contributed by atoms with Gasteiger partial charge in [-0.15, -0.1) is 0 Å². The summed E-state index contributed by atoms with van der Waals surface area (Å²) in [5.41, 5.74) is 1.43. The fourth-order valence-corrected chi connectivity index (χ4v) is 4.10. The van der Waals surface area contributed by atoms with Crippen LogP contribution >= 0.6 is 0 Å². The number of nitrogens with zero attached hydrogens (tertiary/aromatic N) is 1. The first-order chi connectivity index (χ1) is 14.2. The molecule has 1 saturated heterocycles.